The molecular weight excluding hydrogens is 425 g/mol. The molecule has 0 bridgehead atoms. The van der Waals surface area contributed by atoms with Gasteiger partial charge in [-0.3, -0.25) is 25.2 Å². The van der Waals surface area contributed by atoms with Crippen LogP contribution < -0.4 is 20.3 Å². The number of carbonyl (C=O) groups is 2. The summed E-state index contributed by atoms with van der Waals surface area (Å²) in [6, 6.07) is 16.5. The Morgan fingerprint density at radius 1 is 0.839 bits per heavy atom. The fourth-order valence-electron chi connectivity index (χ4n) is 2.57. The standard InChI is InChI=1S/C21H18FN3O5S/c1-30-18-10-8-17(9-11-18)25-31(28,29)19-7-3-5-15(13-19)21(27)24-23-20(26)14-4-2-6-16(22)12-14/h2-13,25H,1H3,(H,23,26)(H,24,27). The van der Waals surface area contributed by atoms with Crippen molar-refractivity contribution in [3.63, 3.8) is 0 Å². The normalized spacial score (nSPS) is 10.8. The molecule has 3 rings (SSSR count). The predicted molar refractivity (Wildman–Crippen MR) is 112 cm³/mol. The zero-order chi connectivity index (χ0) is 22.4. The van der Waals surface area contributed by atoms with E-state index in [1.807, 2.05) is 0 Å². The Balaban J connectivity index is 1.69. The molecule has 2 amide bonds. The number of carbonyl (C=O) groups excluding carboxylic acids is 2. The first-order valence-electron chi connectivity index (χ1n) is 8.92. The molecule has 0 aliphatic rings. The van der Waals surface area contributed by atoms with Crippen molar-refractivity contribution in [1.82, 2.24) is 10.9 Å². The number of ether oxygens (including phenoxy) is 1. The van der Waals surface area contributed by atoms with Crippen molar-refractivity contribution in [2.45, 2.75) is 4.90 Å². The molecule has 0 saturated heterocycles. The number of halogens is 1. The van der Waals surface area contributed by atoms with Crippen LogP contribution in [0, 0.1) is 5.82 Å². The first-order chi connectivity index (χ1) is 14.8. The van der Waals surface area contributed by atoms with E-state index in [-0.39, 0.29) is 16.0 Å². The van der Waals surface area contributed by atoms with Crippen LogP contribution in [0.25, 0.3) is 0 Å². The van der Waals surface area contributed by atoms with Crippen LogP contribution in [-0.2, 0) is 10.0 Å². The Bertz CT molecular complexity index is 1210. The van der Waals surface area contributed by atoms with Gasteiger partial charge in [-0.15, -0.1) is 0 Å². The van der Waals surface area contributed by atoms with E-state index in [1.54, 1.807) is 12.1 Å². The van der Waals surface area contributed by atoms with Crippen LogP contribution in [0.5, 0.6) is 5.75 Å². The summed E-state index contributed by atoms with van der Waals surface area (Å²) >= 11 is 0. The highest BCUT2D eigenvalue weighted by Crippen LogP contribution is 2.20. The third kappa shape index (κ3) is 5.58. The van der Waals surface area contributed by atoms with Crippen molar-refractivity contribution in [3.05, 3.63) is 89.7 Å². The average Bonchev–Trinajstić information content (AvgIpc) is 2.77. The fraction of sp³-hybridized carbons (Fsp3) is 0.0476. The third-order valence-corrected chi connectivity index (χ3v) is 5.50. The largest absolute Gasteiger partial charge is 0.497 e. The zero-order valence-electron chi connectivity index (χ0n) is 16.3. The molecule has 8 nitrogen and oxygen atoms in total. The molecule has 0 radical (unpaired) electrons. The molecule has 3 aromatic rings. The minimum absolute atomic E-state index is 0.00264. The Morgan fingerprint density at radius 3 is 2.00 bits per heavy atom. The molecule has 0 heterocycles. The highest BCUT2D eigenvalue weighted by Gasteiger charge is 2.17. The number of methoxy groups -OCH3 is 1. The highest BCUT2D eigenvalue weighted by molar-refractivity contribution is 7.92. The van der Waals surface area contributed by atoms with E-state index in [0.29, 0.717) is 11.4 Å². The second-order valence-corrected chi connectivity index (χ2v) is 7.96. The number of hydrogen-bond acceptors (Lipinski definition) is 5. The number of nitrogens with one attached hydrogen (secondary N) is 3. The van der Waals surface area contributed by atoms with E-state index < -0.39 is 27.7 Å². The van der Waals surface area contributed by atoms with E-state index >= 15 is 0 Å². The predicted octanol–water partition coefficient (Wildman–Crippen LogP) is 2.71. The molecule has 160 valence electrons. The van der Waals surface area contributed by atoms with Crippen molar-refractivity contribution in [3.8, 4) is 5.75 Å². The van der Waals surface area contributed by atoms with Gasteiger partial charge in [0, 0.05) is 16.8 Å². The Hall–Kier alpha value is -3.92. The van der Waals surface area contributed by atoms with E-state index in [0.717, 1.165) is 12.1 Å². The molecule has 0 aromatic heterocycles. The number of anilines is 1. The van der Waals surface area contributed by atoms with Crippen LogP contribution in [0.1, 0.15) is 20.7 Å². The summed E-state index contributed by atoms with van der Waals surface area (Å²) in [6.45, 7) is 0. The second kappa shape index (κ2) is 9.26. The summed E-state index contributed by atoms with van der Waals surface area (Å²) in [7, 11) is -2.47. The van der Waals surface area contributed by atoms with Crippen molar-refractivity contribution in [1.29, 1.82) is 0 Å². The fourth-order valence-corrected chi connectivity index (χ4v) is 3.67. The highest BCUT2D eigenvalue weighted by atomic mass is 32.2. The molecule has 0 aliphatic carbocycles. The molecule has 0 fully saturated rings. The van der Waals surface area contributed by atoms with Gasteiger partial charge in [0.15, 0.2) is 0 Å². The van der Waals surface area contributed by atoms with Crippen LogP contribution in [0.2, 0.25) is 0 Å². The topological polar surface area (TPSA) is 114 Å². The van der Waals surface area contributed by atoms with Gasteiger partial charge in [0.2, 0.25) is 0 Å². The van der Waals surface area contributed by atoms with Gasteiger partial charge in [-0.2, -0.15) is 0 Å². The zero-order valence-corrected chi connectivity index (χ0v) is 17.1. The number of amides is 2. The molecule has 3 aromatic carbocycles. The lowest BCUT2D eigenvalue weighted by Gasteiger charge is -2.11. The Morgan fingerprint density at radius 2 is 1.42 bits per heavy atom. The maximum atomic E-state index is 13.2. The molecule has 31 heavy (non-hydrogen) atoms. The monoisotopic (exact) mass is 443 g/mol. The Kier molecular flexibility index (Phi) is 6.51. The average molecular weight is 443 g/mol. The van der Waals surface area contributed by atoms with Gasteiger partial charge >= 0.3 is 0 Å². The van der Waals surface area contributed by atoms with Crippen molar-refractivity contribution < 1.29 is 27.1 Å². The summed E-state index contributed by atoms with van der Waals surface area (Å²) < 4.78 is 45.9. The van der Waals surface area contributed by atoms with Gasteiger partial charge in [0.25, 0.3) is 21.8 Å². The molecular formula is C21H18FN3O5S. The molecule has 3 N–H and O–H groups in total. The SMILES string of the molecule is COc1ccc(NS(=O)(=O)c2cccc(C(=O)NNC(=O)c3cccc(F)c3)c2)cc1. The van der Waals surface area contributed by atoms with Gasteiger partial charge in [-0.25, -0.2) is 12.8 Å². The maximum absolute atomic E-state index is 13.2. The summed E-state index contributed by atoms with van der Waals surface area (Å²) in [5.41, 5.74) is 4.65. The molecule has 0 spiro atoms. The number of hydrogen-bond donors (Lipinski definition) is 3. The minimum Gasteiger partial charge on any atom is -0.497 e. The number of benzene rings is 3. The number of hydrazine groups is 1. The third-order valence-electron chi connectivity index (χ3n) is 4.13. The lowest BCUT2D eigenvalue weighted by molar-refractivity contribution is 0.0846. The van der Waals surface area contributed by atoms with Crippen LogP contribution >= 0.6 is 0 Å². The second-order valence-electron chi connectivity index (χ2n) is 6.28. The maximum Gasteiger partial charge on any atom is 0.269 e. The van der Waals surface area contributed by atoms with Crippen LogP contribution in [-0.4, -0.2) is 27.3 Å². The quantitative estimate of drug-likeness (QED) is 0.507. The summed E-state index contributed by atoms with van der Waals surface area (Å²) in [5, 5.41) is 0. The van der Waals surface area contributed by atoms with Gasteiger partial charge in [-0.05, 0) is 60.7 Å². The van der Waals surface area contributed by atoms with E-state index in [2.05, 4.69) is 15.6 Å². The lowest BCUT2D eigenvalue weighted by Crippen LogP contribution is -2.41. The molecule has 0 atom stereocenters. The van der Waals surface area contributed by atoms with Crippen molar-refractivity contribution in [2.24, 2.45) is 0 Å². The molecule has 0 aliphatic heterocycles. The molecule has 0 saturated carbocycles. The minimum atomic E-state index is -3.97. The van der Waals surface area contributed by atoms with Crippen LogP contribution in [0.15, 0.2) is 77.7 Å². The first-order valence-corrected chi connectivity index (χ1v) is 10.4. The lowest BCUT2D eigenvalue weighted by atomic mass is 10.2. The van der Waals surface area contributed by atoms with Crippen molar-refractivity contribution >= 4 is 27.5 Å². The molecule has 10 heteroatoms. The van der Waals surface area contributed by atoms with Gasteiger partial charge in [0.05, 0.1) is 12.0 Å². The smallest absolute Gasteiger partial charge is 0.269 e. The van der Waals surface area contributed by atoms with Crippen molar-refractivity contribution in [2.75, 3.05) is 11.8 Å². The van der Waals surface area contributed by atoms with E-state index in [1.165, 1.54) is 55.6 Å². The van der Waals surface area contributed by atoms with E-state index in [9.17, 15) is 22.4 Å². The van der Waals surface area contributed by atoms with Gasteiger partial charge in [-0.1, -0.05) is 12.1 Å². The van der Waals surface area contributed by atoms with Gasteiger partial charge in [0.1, 0.15) is 11.6 Å². The summed E-state index contributed by atoms with van der Waals surface area (Å²) in [6.07, 6.45) is 0. The summed E-state index contributed by atoms with van der Waals surface area (Å²) in [4.78, 5) is 24.2. The summed E-state index contributed by atoms with van der Waals surface area (Å²) in [5.74, 6) is -1.49. The Labute approximate surface area is 178 Å². The molecule has 0 unspecified atom stereocenters. The number of sulfonamides is 1. The van der Waals surface area contributed by atoms with Crippen LogP contribution in [0.4, 0.5) is 10.1 Å². The van der Waals surface area contributed by atoms with E-state index in [4.69, 9.17) is 4.74 Å². The van der Waals surface area contributed by atoms with Gasteiger partial charge < -0.3 is 4.74 Å². The van der Waals surface area contributed by atoms with Crippen LogP contribution in [0.3, 0.4) is 0 Å². The first kappa shape index (κ1) is 21.8. The number of rotatable bonds is 6.